The molecule has 0 saturated heterocycles. The minimum Gasteiger partial charge on any atom is -0.378 e. The van der Waals surface area contributed by atoms with Crippen molar-refractivity contribution >= 4 is 5.78 Å². The number of Topliss-reactive ketones (excluding diaryl/α,β-unsaturated/α-hetero) is 1. The molecule has 1 rings (SSSR count). The van der Waals surface area contributed by atoms with Gasteiger partial charge in [0.1, 0.15) is 0 Å². The molecule has 0 heterocycles. The summed E-state index contributed by atoms with van der Waals surface area (Å²) in [4.78, 5) is 11.0. The first-order valence-corrected chi connectivity index (χ1v) is 4.90. The molecule has 2 nitrogen and oxygen atoms in total. The van der Waals surface area contributed by atoms with Crippen LogP contribution in [-0.2, 0) is 9.53 Å². The molecule has 2 heteroatoms. The summed E-state index contributed by atoms with van der Waals surface area (Å²) in [5, 5.41) is 0. The smallest absolute Gasteiger partial charge is 0.208 e. The van der Waals surface area contributed by atoms with E-state index in [-0.39, 0.29) is 17.8 Å². The van der Waals surface area contributed by atoms with Crippen molar-refractivity contribution in [2.24, 2.45) is 5.92 Å². The molecule has 0 aliphatic heterocycles. The average Bonchev–Trinajstić information content (AvgIpc) is 2.08. The fourth-order valence-electron chi connectivity index (χ4n) is 1.43. The van der Waals surface area contributed by atoms with Gasteiger partial charge in [0.25, 0.3) is 0 Å². The Morgan fingerprint density at radius 2 is 2.31 bits per heavy atom. The Balaban J connectivity index is 2.05. The number of unbranched alkanes of at least 4 members (excludes halogenated alkanes) is 1. The zero-order valence-electron chi connectivity index (χ0n) is 8.08. The van der Waals surface area contributed by atoms with Gasteiger partial charge in [0.2, 0.25) is 5.78 Å². The van der Waals surface area contributed by atoms with Crippen LogP contribution in [0, 0.1) is 18.3 Å². The summed E-state index contributed by atoms with van der Waals surface area (Å²) in [5.41, 5.74) is 0. The first kappa shape index (κ1) is 10.3. The van der Waals surface area contributed by atoms with E-state index in [2.05, 4.69) is 12.8 Å². The third-order valence-electron chi connectivity index (χ3n) is 2.46. The van der Waals surface area contributed by atoms with Gasteiger partial charge < -0.3 is 4.74 Å². The molecule has 1 aliphatic rings. The molecular weight excluding hydrogens is 164 g/mol. The quantitative estimate of drug-likeness (QED) is 0.366. The molecule has 0 N–H and O–H groups in total. The first-order valence-electron chi connectivity index (χ1n) is 4.90. The summed E-state index contributed by atoms with van der Waals surface area (Å²) in [5.74, 6) is 2.18. The molecule has 0 radical (unpaired) electrons. The van der Waals surface area contributed by atoms with Crippen LogP contribution in [-0.4, -0.2) is 18.5 Å². The third-order valence-corrected chi connectivity index (χ3v) is 2.46. The average molecular weight is 180 g/mol. The molecule has 0 unspecified atom stereocenters. The van der Waals surface area contributed by atoms with Crippen LogP contribution in [0.3, 0.4) is 0 Å². The molecule has 1 fully saturated rings. The lowest BCUT2D eigenvalue weighted by Crippen LogP contribution is -2.36. The number of hydrogen-bond acceptors (Lipinski definition) is 2. The maximum absolute atomic E-state index is 11.0. The highest BCUT2D eigenvalue weighted by atomic mass is 16.5. The van der Waals surface area contributed by atoms with Gasteiger partial charge in [-0.1, -0.05) is 13.3 Å². The lowest BCUT2D eigenvalue weighted by atomic mass is 9.79. The van der Waals surface area contributed by atoms with Crippen LogP contribution in [0.4, 0.5) is 0 Å². The fourth-order valence-corrected chi connectivity index (χ4v) is 1.43. The van der Waals surface area contributed by atoms with Crippen LogP contribution in [0.15, 0.2) is 0 Å². The van der Waals surface area contributed by atoms with Crippen LogP contribution in [0.2, 0.25) is 0 Å². The maximum atomic E-state index is 11.0. The summed E-state index contributed by atoms with van der Waals surface area (Å²) >= 11 is 0. The van der Waals surface area contributed by atoms with Gasteiger partial charge in [-0.25, -0.2) is 0 Å². The largest absolute Gasteiger partial charge is 0.378 e. The van der Waals surface area contributed by atoms with E-state index in [1.807, 2.05) is 0 Å². The lowest BCUT2D eigenvalue weighted by Gasteiger charge is -2.32. The van der Waals surface area contributed by atoms with Gasteiger partial charge in [-0.15, -0.1) is 6.42 Å². The molecule has 0 amide bonds. The number of ether oxygens (including phenoxy) is 1. The summed E-state index contributed by atoms with van der Waals surface area (Å²) in [6.07, 6.45) is 9.20. The summed E-state index contributed by atoms with van der Waals surface area (Å²) in [6.45, 7) is 2.95. The molecular formula is C11H16O2. The summed E-state index contributed by atoms with van der Waals surface area (Å²) in [6, 6.07) is 0. The van der Waals surface area contributed by atoms with Gasteiger partial charge in [-0.2, -0.15) is 0 Å². The Morgan fingerprint density at radius 1 is 1.62 bits per heavy atom. The van der Waals surface area contributed by atoms with Gasteiger partial charge in [0.05, 0.1) is 6.10 Å². The van der Waals surface area contributed by atoms with Crippen molar-refractivity contribution in [3.8, 4) is 12.3 Å². The predicted molar refractivity (Wildman–Crippen MR) is 51.2 cm³/mol. The normalized spacial score (nSPS) is 26.2. The zero-order valence-corrected chi connectivity index (χ0v) is 8.08. The van der Waals surface area contributed by atoms with Crippen molar-refractivity contribution in [2.75, 3.05) is 6.61 Å². The molecule has 13 heavy (non-hydrogen) atoms. The Bertz CT molecular complexity index is 209. The Morgan fingerprint density at radius 3 is 2.85 bits per heavy atom. The van der Waals surface area contributed by atoms with Crippen LogP contribution in [0.5, 0.6) is 0 Å². The second-order valence-electron chi connectivity index (χ2n) is 3.52. The van der Waals surface area contributed by atoms with E-state index in [1.54, 1.807) is 0 Å². The summed E-state index contributed by atoms with van der Waals surface area (Å²) in [7, 11) is 0. The highest BCUT2D eigenvalue weighted by Crippen LogP contribution is 2.30. The van der Waals surface area contributed by atoms with E-state index in [1.165, 1.54) is 0 Å². The first-order chi connectivity index (χ1) is 6.27. The minimum absolute atomic E-state index is 0.0599. The number of terminal acetylenes is 1. The van der Waals surface area contributed by atoms with Crippen molar-refractivity contribution in [3.05, 3.63) is 0 Å². The van der Waals surface area contributed by atoms with Gasteiger partial charge in [-0.3, -0.25) is 4.79 Å². The third kappa shape index (κ3) is 2.86. The van der Waals surface area contributed by atoms with Gasteiger partial charge >= 0.3 is 0 Å². The number of carbonyl (C=O) groups is 1. The van der Waals surface area contributed by atoms with E-state index in [0.29, 0.717) is 0 Å². The second-order valence-corrected chi connectivity index (χ2v) is 3.52. The molecule has 0 aromatic rings. The number of carbonyl (C=O) groups excluding carboxylic acids is 1. The lowest BCUT2D eigenvalue weighted by molar-refractivity contribution is -0.126. The van der Waals surface area contributed by atoms with E-state index < -0.39 is 0 Å². The van der Waals surface area contributed by atoms with E-state index in [9.17, 15) is 4.79 Å². The molecule has 1 saturated carbocycles. The van der Waals surface area contributed by atoms with Crippen molar-refractivity contribution in [3.63, 3.8) is 0 Å². The molecule has 0 aromatic carbocycles. The van der Waals surface area contributed by atoms with E-state index >= 15 is 0 Å². The maximum Gasteiger partial charge on any atom is 0.208 e. The second kappa shape index (κ2) is 5.04. The molecule has 72 valence electrons. The Hall–Kier alpha value is -0.810. The highest BCUT2D eigenvalue weighted by Gasteiger charge is 2.33. The molecule has 1 aliphatic carbocycles. The van der Waals surface area contributed by atoms with Crippen LogP contribution < -0.4 is 0 Å². The predicted octanol–water partition coefficient (Wildman–Crippen LogP) is 1.78. The SMILES string of the molecule is C#CC(=O)C1CC(OCCCC)C1. The van der Waals surface area contributed by atoms with Crippen LogP contribution in [0.25, 0.3) is 0 Å². The molecule has 0 aromatic heterocycles. The van der Waals surface area contributed by atoms with E-state index in [0.717, 1.165) is 32.3 Å². The Labute approximate surface area is 79.7 Å². The number of hydrogen-bond donors (Lipinski definition) is 0. The van der Waals surface area contributed by atoms with Gasteiger partial charge in [0, 0.05) is 12.5 Å². The van der Waals surface area contributed by atoms with Crippen LogP contribution >= 0.6 is 0 Å². The topological polar surface area (TPSA) is 26.3 Å². The summed E-state index contributed by atoms with van der Waals surface area (Å²) < 4.78 is 5.52. The van der Waals surface area contributed by atoms with Crippen molar-refractivity contribution in [2.45, 2.75) is 38.7 Å². The molecule has 0 atom stereocenters. The standard InChI is InChI=1S/C11H16O2/c1-3-5-6-13-10-7-9(8-10)11(12)4-2/h2,9-10H,3,5-8H2,1H3. The number of rotatable bonds is 5. The van der Waals surface area contributed by atoms with Crippen molar-refractivity contribution < 1.29 is 9.53 Å². The van der Waals surface area contributed by atoms with Gasteiger partial charge in [-0.05, 0) is 25.2 Å². The highest BCUT2D eigenvalue weighted by molar-refractivity contribution is 5.97. The zero-order chi connectivity index (χ0) is 9.68. The molecule has 0 spiro atoms. The van der Waals surface area contributed by atoms with Crippen LogP contribution in [0.1, 0.15) is 32.6 Å². The molecule has 0 bridgehead atoms. The van der Waals surface area contributed by atoms with Crippen molar-refractivity contribution in [1.82, 2.24) is 0 Å². The van der Waals surface area contributed by atoms with Crippen molar-refractivity contribution in [1.29, 1.82) is 0 Å². The van der Waals surface area contributed by atoms with Gasteiger partial charge in [0.15, 0.2) is 0 Å². The minimum atomic E-state index is -0.0599. The Kier molecular flexibility index (Phi) is 3.98. The van der Waals surface area contributed by atoms with E-state index in [4.69, 9.17) is 11.2 Å². The fraction of sp³-hybridized carbons (Fsp3) is 0.727. The monoisotopic (exact) mass is 180 g/mol. The number of ketones is 1.